The van der Waals surface area contributed by atoms with E-state index in [0.29, 0.717) is 13.0 Å². The normalized spacial score (nSPS) is 12.2. The predicted molar refractivity (Wildman–Crippen MR) is 80.8 cm³/mol. The molecule has 5 heteroatoms. The Labute approximate surface area is 122 Å². The second kappa shape index (κ2) is 11.6. The Kier molecular flexibility index (Phi) is 10.8. The van der Waals surface area contributed by atoms with E-state index in [1.807, 2.05) is 13.8 Å². The molecule has 0 aromatic carbocycles. The van der Waals surface area contributed by atoms with Gasteiger partial charge in [-0.3, -0.25) is 0 Å². The summed E-state index contributed by atoms with van der Waals surface area (Å²) in [5.41, 5.74) is 0. The Morgan fingerprint density at radius 1 is 1.05 bits per heavy atom. The molecule has 0 bridgehead atoms. The molecule has 118 valence electrons. The van der Waals surface area contributed by atoms with Crippen molar-refractivity contribution in [2.75, 3.05) is 6.54 Å². The Morgan fingerprint density at radius 3 is 2.20 bits per heavy atom. The quantitative estimate of drug-likeness (QED) is 0.510. The lowest BCUT2D eigenvalue weighted by atomic mass is 10.0. The van der Waals surface area contributed by atoms with Crippen molar-refractivity contribution >= 4 is 12.0 Å². The van der Waals surface area contributed by atoms with E-state index in [9.17, 15) is 9.59 Å². The first kappa shape index (κ1) is 18.7. The van der Waals surface area contributed by atoms with E-state index in [-0.39, 0.29) is 11.9 Å². The summed E-state index contributed by atoms with van der Waals surface area (Å²) in [7, 11) is 0. The van der Waals surface area contributed by atoms with Crippen LogP contribution in [0.1, 0.15) is 65.7 Å². The fraction of sp³-hybridized carbons (Fsp3) is 0.867. The molecular weight excluding hydrogens is 256 g/mol. The Hall–Kier alpha value is -1.26. The van der Waals surface area contributed by atoms with Crippen molar-refractivity contribution in [1.82, 2.24) is 10.6 Å². The first-order valence-corrected chi connectivity index (χ1v) is 7.74. The van der Waals surface area contributed by atoms with E-state index in [2.05, 4.69) is 17.6 Å². The summed E-state index contributed by atoms with van der Waals surface area (Å²) in [6.45, 7) is 6.66. The molecule has 0 saturated heterocycles. The third kappa shape index (κ3) is 10.6. The number of urea groups is 1. The van der Waals surface area contributed by atoms with Crippen molar-refractivity contribution in [1.29, 1.82) is 0 Å². The van der Waals surface area contributed by atoms with Crippen LogP contribution in [-0.4, -0.2) is 29.7 Å². The number of aliphatic carboxylic acids is 1. The molecule has 0 aliphatic heterocycles. The number of rotatable bonds is 11. The average Bonchev–Trinajstić information content (AvgIpc) is 2.36. The first-order chi connectivity index (χ1) is 9.47. The van der Waals surface area contributed by atoms with Crippen LogP contribution in [0, 0.1) is 5.92 Å². The first-order valence-electron chi connectivity index (χ1n) is 7.74. The molecule has 0 aromatic heterocycles. The van der Waals surface area contributed by atoms with Crippen molar-refractivity contribution in [3.8, 4) is 0 Å². The maximum atomic E-state index is 11.6. The molecule has 1 atom stereocenters. The molecule has 20 heavy (non-hydrogen) atoms. The molecule has 2 amide bonds. The molecule has 0 rings (SSSR count). The van der Waals surface area contributed by atoms with Crippen LogP contribution in [0.25, 0.3) is 0 Å². The Morgan fingerprint density at radius 2 is 1.65 bits per heavy atom. The third-order valence-electron chi connectivity index (χ3n) is 3.13. The summed E-state index contributed by atoms with van der Waals surface area (Å²) in [5.74, 6) is -0.747. The lowest BCUT2D eigenvalue weighted by Crippen LogP contribution is -2.46. The molecule has 0 heterocycles. The highest BCUT2D eigenvalue weighted by Gasteiger charge is 2.20. The van der Waals surface area contributed by atoms with Gasteiger partial charge in [0, 0.05) is 6.54 Å². The number of amides is 2. The average molecular weight is 286 g/mol. The fourth-order valence-electron chi connectivity index (χ4n) is 2.01. The predicted octanol–water partition coefficient (Wildman–Crippen LogP) is 3.15. The lowest BCUT2D eigenvalue weighted by Gasteiger charge is -2.16. The summed E-state index contributed by atoms with van der Waals surface area (Å²) >= 11 is 0. The van der Waals surface area contributed by atoms with E-state index >= 15 is 0 Å². The highest BCUT2D eigenvalue weighted by Crippen LogP contribution is 2.05. The molecule has 0 aliphatic carbocycles. The SMILES string of the molecule is CCCCCCCCNC(=O)N[C@H](CC(C)C)C(=O)O. The second-order valence-electron chi connectivity index (χ2n) is 5.69. The topological polar surface area (TPSA) is 78.4 Å². The van der Waals surface area contributed by atoms with Gasteiger partial charge in [0.1, 0.15) is 6.04 Å². The van der Waals surface area contributed by atoms with Crippen LogP contribution in [0.15, 0.2) is 0 Å². The molecule has 3 N–H and O–H groups in total. The number of hydrogen-bond acceptors (Lipinski definition) is 2. The van der Waals surface area contributed by atoms with Gasteiger partial charge in [0.2, 0.25) is 0 Å². The minimum Gasteiger partial charge on any atom is -0.480 e. The van der Waals surface area contributed by atoms with Gasteiger partial charge in [-0.1, -0.05) is 52.9 Å². The lowest BCUT2D eigenvalue weighted by molar-refractivity contribution is -0.139. The highest BCUT2D eigenvalue weighted by molar-refractivity contribution is 5.82. The van der Waals surface area contributed by atoms with Crippen molar-refractivity contribution < 1.29 is 14.7 Å². The van der Waals surface area contributed by atoms with Crippen molar-refractivity contribution in [3.63, 3.8) is 0 Å². The maximum Gasteiger partial charge on any atom is 0.326 e. The molecule has 0 aromatic rings. The van der Waals surface area contributed by atoms with Crippen LogP contribution in [-0.2, 0) is 4.79 Å². The van der Waals surface area contributed by atoms with Crippen LogP contribution < -0.4 is 10.6 Å². The van der Waals surface area contributed by atoms with Gasteiger partial charge in [-0.05, 0) is 18.8 Å². The largest absolute Gasteiger partial charge is 0.480 e. The minimum atomic E-state index is -0.978. The van der Waals surface area contributed by atoms with Crippen LogP contribution >= 0.6 is 0 Å². The van der Waals surface area contributed by atoms with Gasteiger partial charge in [0.15, 0.2) is 0 Å². The van der Waals surface area contributed by atoms with Gasteiger partial charge in [-0.25, -0.2) is 9.59 Å². The van der Waals surface area contributed by atoms with Crippen LogP contribution in [0.5, 0.6) is 0 Å². The van der Waals surface area contributed by atoms with Gasteiger partial charge in [0.25, 0.3) is 0 Å². The summed E-state index contributed by atoms with van der Waals surface area (Å²) in [5, 5.41) is 14.2. The van der Waals surface area contributed by atoms with Gasteiger partial charge in [-0.15, -0.1) is 0 Å². The van der Waals surface area contributed by atoms with Crippen LogP contribution in [0.3, 0.4) is 0 Å². The minimum absolute atomic E-state index is 0.231. The standard InChI is InChI=1S/C15H30N2O3/c1-4-5-6-7-8-9-10-16-15(20)17-13(14(18)19)11-12(2)3/h12-13H,4-11H2,1-3H3,(H,18,19)(H2,16,17,20)/t13-/m1/s1. The molecule has 0 saturated carbocycles. The number of carbonyl (C=O) groups excluding carboxylic acids is 1. The summed E-state index contributed by atoms with van der Waals surface area (Å²) < 4.78 is 0. The molecule has 0 fully saturated rings. The van der Waals surface area contributed by atoms with Crippen LogP contribution in [0.2, 0.25) is 0 Å². The molecular formula is C15H30N2O3. The Balaban J connectivity index is 3.72. The van der Waals surface area contributed by atoms with Gasteiger partial charge in [-0.2, -0.15) is 0 Å². The highest BCUT2D eigenvalue weighted by atomic mass is 16.4. The van der Waals surface area contributed by atoms with Gasteiger partial charge in [0.05, 0.1) is 0 Å². The molecule has 0 unspecified atom stereocenters. The Bertz CT molecular complexity index is 280. The summed E-state index contributed by atoms with van der Waals surface area (Å²) in [6.07, 6.45) is 7.43. The van der Waals surface area contributed by atoms with Crippen molar-refractivity contribution in [3.05, 3.63) is 0 Å². The smallest absolute Gasteiger partial charge is 0.326 e. The summed E-state index contributed by atoms with van der Waals surface area (Å²) in [4.78, 5) is 22.6. The number of unbranched alkanes of at least 4 members (excludes halogenated alkanes) is 5. The molecule has 0 aliphatic rings. The fourth-order valence-corrected chi connectivity index (χ4v) is 2.01. The number of hydrogen-bond donors (Lipinski definition) is 3. The zero-order valence-electron chi connectivity index (χ0n) is 13.1. The van der Waals surface area contributed by atoms with E-state index in [1.54, 1.807) is 0 Å². The van der Waals surface area contributed by atoms with Gasteiger partial charge >= 0.3 is 12.0 Å². The molecule has 0 radical (unpaired) electrons. The number of nitrogens with one attached hydrogen (secondary N) is 2. The second-order valence-corrected chi connectivity index (χ2v) is 5.69. The zero-order valence-corrected chi connectivity index (χ0v) is 13.1. The summed E-state index contributed by atoms with van der Waals surface area (Å²) in [6, 6.07) is -1.19. The maximum absolute atomic E-state index is 11.6. The number of carbonyl (C=O) groups is 2. The van der Waals surface area contributed by atoms with E-state index < -0.39 is 12.0 Å². The monoisotopic (exact) mass is 286 g/mol. The zero-order chi connectivity index (χ0) is 15.4. The van der Waals surface area contributed by atoms with Crippen molar-refractivity contribution in [2.45, 2.75) is 71.8 Å². The van der Waals surface area contributed by atoms with Crippen LogP contribution in [0.4, 0.5) is 4.79 Å². The number of carboxylic acid groups (broad SMARTS) is 1. The number of carboxylic acids is 1. The van der Waals surface area contributed by atoms with E-state index in [0.717, 1.165) is 12.8 Å². The van der Waals surface area contributed by atoms with E-state index in [4.69, 9.17) is 5.11 Å². The van der Waals surface area contributed by atoms with E-state index in [1.165, 1.54) is 25.7 Å². The molecule has 5 nitrogen and oxygen atoms in total. The van der Waals surface area contributed by atoms with Gasteiger partial charge < -0.3 is 15.7 Å². The third-order valence-corrected chi connectivity index (χ3v) is 3.13. The molecule has 0 spiro atoms. The van der Waals surface area contributed by atoms with Crippen molar-refractivity contribution in [2.24, 2.45) is 5.92 Å².